The van der Waals surface area contributed by atoms with E-state index in [2.05, 4.69) is 5.32 Å². The van der Waals surface area contributed by atoms with Gasteiger partial charge < -0.3 is 15.4 Å². The predicted octanol–water partition coefficient (Wildman–Crippen LogP) is 4.01. The zero-order valence-electron chi connectivity index (χ0n) is 16.8. The van der Waals surface area contributed by atoms with Crippen LogP contribution in [0.1, 0.15) is 63.2 Å². The van der Waals surface area contributed by atoms with Gasteiger partial charge in [-0.25, -0.2) is 4.79 Å². The van der Waals surface area contributed by atoms with E-state index in [9.17, 15) is 9.59 Å². The van der Waals surface area contributed by atoms with E-state index >= 15 is 0 Å². The number of carbonyl (C=O) groups excluding carboxylic acids is 2. The standard InChI is InChI=1S/C21H33N3O3/c1-21(2,3)27-20(26)23-18-9-6-8-17(15-18)19(25)24-13-10-16(11-14-24)7-4-5-12-22/h6,8-9,15-16H,4-5,7,10-14,22H2,1-3H3,(H,23,26). The van der Waals surface area contributed by atoms with Gasteiger partial charge in [-0.15, -0.1) is 0 Å². The molecular weight excluding hydrogens is 342 g/mol. The molecule has 1 aliphatic heterocycles. The average molecular weight is 376 g/mol. The molecule has 1 saturated heterocycles. The van der Waals surface area contributed by atoms with Crippen molar-refractivity contribution in [2.24, 2.45) is 11.7 Å². The zero-order chi connectivity index (χ0) is 19.9. The summed E-state index contributed by atoms with van der Waals surface area (Å²) in [6, 6.07) is 7.03. The van der Waals surface area contributed by atoms with Crippen LogP contribution in [-0.2, 0) is 4.74 Å². The van der Waals surface area contributed by atoms with Crippen molar-refractivity contribution in [1.29, 1.82) is 0 Å². The van der Waals surface area contributed by atoms with E-state index in [4.69, 9.17) is 10.5 Å². The molecule has 6 heteroatoms. The lowest BCUT2D eigenvalue weighted by molar-refractivity contribution is 0.0633. The Labute approximate surface area is 162 Å². The third kappa shape index (κ3) is 7.21. The van der Waals surface area contributed by atoms with Gasteiger partial charge >= 0.3 is 6.09 Å². The molecule has 0 radical (unpaired) electrons. The molecule has 0 saturated carbocycles. The summed E-state index contributed by atoms with van der Waals surface area (Å²) in [5.74, 6) is 0.712. The highest BCUT2D eigenvalue weighted by molar-refractivity contribution is 5.96. The van der Waals surface area contributed by atoms with Crippen molar-refractivity contribution in [2.45, 2.75) is 58.5 Å². The van der Waals surface area contributed by atoms with Crippen LogP contribution < -0.4 is 11.1 Å². The van der Waals surface area contributed by atoms with Crippen LogP contribution in [0.4, 0.5) is 10.5 Å². The number of hydrogen-bond donors (Lipinski definition) is 2. The van der Waals surface area contributed by atoms with Gasteiger partial charge in [0.25, 0.3) is 5.91 Å². The van der Waals surface area contributed by atoms with Crippen LogP contribution in [0.15, 0.2) is 24.3 Å². The van der Waals surface area contributed by atoms with Gasteiger partial charge in [0.15, 0.2) is 0 Å². The molecule has 2 rings (SSSR count). The minimum atomic E-state index is -0.563. The summed E-state index contributed by atoms with van der Waals surface area (Å²) in [5.41, 5.74) is 6.14. The number of likely N-dealkylation sites (tertiary alicyclic amines) is 1. The summed E-state index contributed by atoms with van der Waals surface area (Å²) < 4.78 is 5.26. The monoisotopic (exact) mass is 375 g/mol. The van der Waals surface area contributed by atoms with Crippen LogP contribution in [-0.4, -0.2) is 42.1 Å². The number of ether oxygens (including phenoxy) is 1. The molecule has 0 bridgehead atoms. The van der Waals surface area contributed by atoms with Crippen LogP contribution in [0, 0.1) is 5.92 Å². The van der Waals surface area contributed by atoms with Crippen LogP contribution >= 0.6 is 0 Å². The first-order valence-corrected chi connectivity index (χ1v) is 9.88. The van der Waals surface area contributed by atoms with Crippen molar-refractivity contribution in [1.82, 2.24) is 4.90 Å². The maximum absolute atomic E-state index is 12.8. The smallest absolute Gasteiger partial charge is 0.412 e. The molecule has 6 nitrogen and oxygen atoms in total. The van der Waals surface area contributed by atoms with Gasteiger partial charge in [0.2, 0.25) is 0 Å². The Morgan fingerprint density at radius 1 is 1.22 bits per heavy atom. The molecule has 1 aromatic rings. The SMILES string of the molecule is CC(C)(C)OC(=O)Nc1cccc(C(=O)N2CCC(CCCCN)CC2)c1. The molecule has 0 spiro atoms. The van der Waals surface area contributed by atoms with Crippen LogP contribution in [0.2, 0.25) is 0 Å². The van der Waals surface area contributed by atoms with Crippen LogP contribution in [0.25, 0.3) is 0 Å². The lowest BCUT2D eigenvalue weighted by atomic mass is 9.91. The Morgan fingerprint density at radius 2 is 1.93 bits per heavy atom. The molecule has 1 aromatic carbocycles. The number of rotatable bonds is 6. The van der Waals surface area contributed by atoms with Crippen molar-refractivity contribution in [3.8, 4) is 0 Å². The third-order valence-corrected chi connectivity index (χ3v) is 4.72. The molecule has 0 aliphatic carbocycles. The van der Waals surface area contributed by atoms with Crippen molar-refractivity contribution < 1.29 is 14.3 Å². The summed E-state index contributed by atoms with van der Waals surface area (Å²) in [4.78, 5) is 26.6. The van der Waals surface area contributed by atoms with Crippen molar-refractivity contribution in [3.63, 3.8) is 0 Å². The highest BCUT2D eigenvalue weighted by Gasteiger charge is 2.24. The molecule has 0 aromatic heterocycles. The van der Waals surface area contributed by atoms with E-state index in [1.165, 1.54) is 12.8 Å². The minimum Gasteiger partial charge on any atom is -0.444 e. The van der Waals surface area contributed by atoms with E-state index in [0.29, 0.717) is 17.2 Å². The molecule has 150 valence electrons. The third-order valence-electron chi connectivity index (χ3n) is 4.72. The summed E-state index contributed by atoms with van der Waals surface area (Å²) in [6.07, 6.45) is 5.03. The second-order valence-electron chi connectivity index (χ2n) is 8.23. The van der Waals surface area contributed by atoms with Gasteiger partial charge in [-0.05, 0) is 70.7 Å². The molecule has 1 heterocycles. The summed E-state index contributed by atoms with van der Waals surface area (Å²) in [5, 5.41) is 2.69. The van der Waals surface area contributed by atoms with E-state index < -0.39 is 11.7 Å². The van der Waals surface area contributed by atoms with Gasteiger partial charge in [0.1, 0.15) is 5.60 Å². The van der Waals surface area contributed by atoms with E-state index in [1.807, 2.05) is 25.7 Å². The van der Waals surface area contributed by atoms with E-state index in [0.717, 1.165) is 38.9 Å². The van der Waals surface area contributed by atoms with Crippen molar-refractivity contribution in [3.05, 3.63) is 29.8 Å². The molecule has 1 aliphatic rings. The fraction of sp³-hybridized carbons (Fsp3) is 0.619. The first-order valence-electron chi connectivity index (χ1n) is 9.88. The lowest BCUT2D eigenvalue weighted by Gasteiger charge is -2.32. The Balaban J connectivity index is 1.89. The first kappa shape index (κ1) is 21.2. The normalized spacial score (nSPS) is 15.5. The van der Waals surface area contributed by atoms with Gasteiger partial charge in [-0.3, -0.25) is 10.1 Å². The second-order valence-corrected chi connectivity index (χ2v) is 8.23. The largest absolute Gasteiger partial charge is 0.444 e. The average Bonchev–Trinajstić information content (AvgIpc) is 2.60. The first-order chi connectivity index (χ1) is 12.8. The Kier molecular flexibility index (Phi) is 7.66. The molecule has 27 heavy (non-hydrogen) atoms. The lowest BCUT2D eigenvalue weighted by Crippen LogP contribution is -2.38. The number of amides is 2. The van der Waals surface area contributed by atoms with E-state index in [1.54, 1.807) is 24.3 Å². The molecule has 1 fully saturated rings. The number of carbonyl (C=O) groups is 2. The number of nitrogens with one attached hydrogen (secondary N) is 1. The maximum atomic E-state index is 12.8. The molecule has 0 unspecified atom stereocenters. The number of benzene rings is 1. The molecule has 0 atom stereocenters. The highest BCUT2D eigenvalue weighted by atomic mass is 16.6. The fourth-order valence-corrected chi connectivity index (χ4v) is 3.34. The fourth-order valence-electron chi connectivity index (χ4n) is 3.34. The Hall–Kier alpha value is -2.08. The Bertz CT molecular complexity index is 632. The quantitative estimate of drug-likeness (QED) is 0.736. The molecule has 2 amide bonds. The van der Waals surface area contributed by atoms with Gasteiger partial charge in [-0.2, -0.15) is 0 Å². The van der Waals surface area contributed by atoms with E-state index in [-0.39, 0.29) is 5.91 Å². The maximum Gasteiger partial charge on any atom is 0.412 e. The topological polar surface area (TPSA) is 84.7 Å². The number of nitrogens with zero attached hydrogens (tertiary/aromatic N) is 1. The van der Waals surface area contributed by atoms with Crippen molar-refractivity contribution in [2.75, 3.05) is 25.0 Å². The molecule has 3 N–H and O–H groups in total. The number of piperidine rings is 1. The van der Waals surface area contributed by atoms with Gasteiger partial charge in [0, 0.05) is 24.3 Å². The van der Waals surface area contributed by atoms with Crippen LogP contribution in [0.5, 0.6) is 0 Å². The van der Waals surface area contributed by atoms with Gasteiger partial charge in [0.05, 0.1) is 0 Å². The number of unbranched alkanes of at least 4 members (excludes halogenated alkanes) is 1. The zero-order valence-corrected chi connectivity index (χ0v) is 16.8. The highest BCUT2D eigenvalue weighted by Crippen LogP contribution is 2.24. The van der Waals surface area contributed by atoms with Crippen LogP contribution in [0.3, 0.4) is 0 Å². The van der Waals surface area contributed by atoms with Crippen molar-refractivity contribution >= 4 is 17.7 Å². The summed E-state index contributed by atoms with van der Waals surface area (Å²) in [7, 11) is 0. The summed E-state index contributed by atoms with van der Waals surface area (Å²) in [6.45, 7) is 7.77. The second kappa shape index (κ2) is 9.74. The number of anilines is 1. The summed E-state index contributed by atoms with van der Waals surface area (Å²) >= 11 is 0. The van der Waals surface area contributed by atoms with Gasteiger partial charge in [-0.1, -0.05) is 18.9 Å². The number of nitrogens with two attached hydrogens (primary N) is 1. The Morgan fingerprint density at radius 3 is 2.56 bits per heavy atom. The molecular formula is C21H33N3O3. The minimum absolute atomic E-state index is 0.0169. The predicted molar refractivity (Wildman–Crippen MR) is 108 cm³/mol. The number of hydrogen-bond acceptors (Lipinski definition) is 4.